The summed E-state index contributed by atoms with van der Waals surface area (Å²) in [7, 11) is 0. The highest BCUT2D eigenvalue weighted by atomic mass is 19.1. The number of anilines is 2. The maximum absolute atomic E-state index is 13.3. The van der Waals surface area contributed by atoms with Crippen molar-refractivity contribution < 1.29 is 9.18 Å². The predicted octanol–water partition coefficient (Wildman–Crippen LogP) is 1.28. The molecule has 28 heavy (non-hydrogen) atoms. The van der Waals surface area contributed by atoms with Gasteiger partial charge in [0.1, 0.15) is 12.0 Å². The molecule has 0 aliphatic carbocycles. The number of aromatic amines is 1. The number of aliphatic imine (C=N–C) groups is 1. The van der Waals surface area contributed by atoms with E-state index in [9.17, 15) is 14.0 Å². The molecule has 3 N–H and O–H groups in total. The largest absolute Gasteiger partial charge is 0.400 e. The van der Waals surface area contributed by atoms with Crippen molar-refractivity contribution in [3.8, 4) is 0 Å². The summed E-state index contributed by atoms with van der Waals surface area (Å²) < 4.78 is 13.3. The van der Waals surface area contributed by atoms with Gasteiger partial charge in [0.25, 0.3) is 5.91 Å². The summed E-state index contributed by atoms with van der Waals surface area (Å²) >= 11 is 0. The standard InChI is InChI=1S/C19H19FN6O2/c20-12-4-6-25(10-12)17-2-1-13(8-24-17)23-9-15-16(21)11-26(19(15)28)14-3-5-22-18(27)7-14/h1-3,5,7-9,12H,4,6,10-11,21H2,(H,22,27)/t12-/m0/s1. The smallest absolute Gasteiger partial charge is 0.262 e. The Kier molecular flexibility index (Phi) is 4.64. The van der Waals surface area contributed by atoms with Crippen LogP contribution in [0, 0.1) is 0 Å². The first-order valence-corrected chi connectivity index (χ1v) is 8.89. The second-order valence-corrected chi connectivity index (χ2v) is 6.71. The third-order valence-corrected chi connectivity index (χ3v) is 4.75. The third-order valence-electron chi connectivity index (χ3n) is 4.75. The first-order chi connectivity index (χ1) is 13.5. The Hall–Kier alpha value is -3.49. The van der Waals surface area contributed by atoms with Gasteiger partial charge in [-0.15, -0.1) is 0 Å². The Labute approximate surface area is 160 Å². The van der Waals surface area contributed by atoms with Crippen LogP contribution in [0.5, 0.6) is 0 Å². The van der Waals surface area contributed by atoms with Crippen LogP contribution in [0.4, 0.5) is 21.6 Å². The summed E-state index contributed by atoms with van der Waals surface area (Å²) in [6.07, 6.45) is 4.16. The van der Waals surface area contributed by atoms with Crippen LogP contribution in [0.25, 0.3) is 0 Å². The number of nitrogens with two attached hydrogens (primary N) is 1. The molecule has 0 spiro atoms. The van der Waals surface area contributed by atoms with Crippen LogP contribution in [-0.4, -0.2) is 47.9 Å². The molecule has 4 rings (SSSR count). The van der Waals surface area contributed by atoms with Gasteiger partial charge in [0.15, 0.2) is 0 Å². The van der Waals surface area contributed by atoms with Crippen molar-refractivity contribution >= 4 is 29.3 Å². The molecule has 1 amide bonds. The molecule has 2 aromatic heterocycles. The Morgan fingerprint density at radius 1 is 1.32 bits per heavy atom. The zero-order valence-electron chi connectivity index (χ0n) is 15.0. The van der Waals surface area contributed by atoms with Gasteiger partial charge in [-0.3, -0.25) is 14.6 Å². The molecule has 8 nitrogen and oxygen atoms in total. The number of nitrogens with one attached hydrogen (secondary N) is 1. The maximum atomic E-state index is 13.3. The molecule has 1 atom stereocenters. The monoisotopic (exact) mass is 382 g/mol. The number of rotatable bonds is 4. The first kappa shape index (κ1) is 17.9. The van der Waals surface area contributed by atoms with Crippen LogP contribution in [0.1, 0.15) is 6.42 Å². The summed E-state index contributed by atoms with van der Waals surface area (Å²) in [6.45, 7) is 1.19. The molecule has 2 aliphatic heterocycles. The molecule has 144 valence electrons. The Morgan fingerprint density at radius 3 is 2.86 bits per heavy atom. The van der Waals surface area contributed by atoms with Gasteiger partial charge >= 0.3 is 0 Å². The molecule has 0 aromatic carbocycles. The van der Waals surface area contributed by atoms with Crippen molar-refractivity contribution in [3.05, 3.63) is 58.3 Å². The molecule has 0 unspecified atom stereocenters. The van der Waals surface area contributed by atoms with E-state index in [0.29, 0.717) is 42.4 Å². The Bertz CT molecular complexity index is 1010. The van der Waals surface area contributed by atoms with Crippen molar-refractivity contribution in [2.45, 2.75) is 12.6 Å². The van der Waals surface area contributed by atoms with Gasteiger partial charge in [0, 0.05) is 30.7 Å². The second-order valence-electron chi connectivity index (χ2n) is 6.71. The SMILES string of the molecule is NC1=C(C=Nc2ccc(N3CC[C@H](F)C3)nc2)C(=O)N(c2cc[nH]c(=O)c2)C1. The van der Waals surface area contributed by atoms with Crippen LogP contribution in [0.3, 0.4) is 0 Å². The Morgan fingerprint density at radius 2 is 2.18 bits per heavy atom. The fourth-order valence-electron chi connectivity index (χ4n) is 3.26. The van der Waals surface area contributed by atoms with E-state index in [4.69, 9.17) is 5.73 Å². The van der Waals surface area contributed by atoms with E-state index < -0.39 is 6.17 Å². The number of H-pyrrole nitrogens is 1. The minimum absolute atomic E-state index is 0.195. The molecule has 0 bridgehead atoms. The third kappa shape index (κ3) is 3.51. The lowest BCUT2D eigenvalue weighted by Crippen LogP contribution is -2.28. The highest BCUT2D eigenvalue weighted by molar-refractivity contribution is 6.22. The van der Waals surface area contributed by atoms with E-state index in [2.05, 4.69) is 15.0 Å². The molecule has 1 saturated heterocycles. The van der Waals surface area contributed by atoms with E-state index in [0.717, 1.165) is 0 Å². The molecule has 4 heterocycles. The lowest BCUT2D eigenvalue weighted by Gasteiger charge is -2.15. The van der Waals surface area contributed by atoms with Crippen LogP contribution < -0.4 is 21.1 Å². The Balaban J connectivity index is 1.47. The van der Waals surface area contributed by atoms with E-state index in [1.807, 2.05) is 4.90 Å². The topological polar surface area (TPSA) is 108 Å². The lowest BCUT2D eigenvalue weighted by molar-refractivity contribution is -0.114. The second kappa shape index (κ2) is 7.26. The molecule has 2 aliphatic rings. The van der Waals surface area contributed by atoms with E-state index in [-0.39, 0.29) is 23.6 Å². The molecule has 2 aromatic rings. The zero-order valence-corrected chi connectivity index (χ0v) is 15.0. The lowest BCUT2D eigenvalue weighted by atomic mass is 10.2. The van der Waals surface area contributed by atoms with Gasteiger partial charge in [-0.25, -0.2) is 9.37 Å². The number of hydrogen-bond acceptors (Lipinski definition) is 6. The zero-order chi connectivity index (χ0) is 19.7. The number of hydrogen-bond donors (Lipinski definition) is 2. The normalized spacial score (nSPS) is 20.0. The van der Waals surface area contributed by atoms with Gasteiger partial charge in [0.2, 0.25) is 5.56 Å². The highest BCUT2D eigenvalue weighted by Crippen LogP contribution is 2.24. The highest BCUT2D eigenvalue weighted by Gasteiger charge is 2.29. The summed E-state index contributed by atoms with van der Waals surface area (Å²) in [5, 5.41) is 0. The van der Waals surface area contributed by atoms with Crippen LogP contribution in [0.15, 0.2) is 57.7 Å². The number of alkyl halides is 1. The van der Waals surface area contributed by atoms with Gasteiger partial charge in [-0.2, -0.15) is 0 Å². The van der Waals surface area contributed by atoms with Gasteiger partial charge in [-0.05, 0) is 24.6 Å². The molecular weight excluding hydrogens is 363 g/mol. The number of carbonyl (C=O) groups excluding carboxylic acids is 1. The van der Waals surface area contributed by atoms with E-state index in [1.165, 1.54) is 23.4 Å². The van der Waals surface area contributed by atoms with Crippen LogP contribution in [0.2, 0.25) is 0 Å². The average Bonchev–Trinajstić information content (AvgIpc) is 3.24. The van der Waals surface area contributed by atoms with Crippen molar-refractivity contribution in [3.63, 3.8) is 0 Å². The summed E-state index contributed by atoms with van der Waals surface area (Å²) in [6, 6.07) is 6.51. The van der Waals surface area contributed by atoms with Crippen LogP contribution in [-0.2, 0) is 4.79 Å². The van der Waals surface area contributed by atoms with E-state index >= 15 is 0 Å². The maximum Gasteiger partial charge on any atom is 0.262 e. The fraction of sp³-hybridized carbons (Fsp3) is 0.263. The number of aromatic nitrogens is 2. The predicted molar refractivity (Wildman–Crippen MR) is 105 cm³/mol. The molecule has 9 heteroatoms. The average molecular weight is 382 g/mol. The van der Waals surface area contributed by atoms with Crippen molar-refractivity contribution in [1.82, 2.24) is 9.97 Å². The van der Waals surface area contributed by atoms with E-state index in [1.54, 1.807) is 24.4 Å². The minimum atomic E-state index is -0.814. The molecule has 0 saturated carbocycles. The quantitative estimate of drug-likeness (QED) is 0.775. The number of nitrogens with zero attached hydrogens (tertiary/aromatic N) is 4. The van der Waals surface area contributed by atoms with Gasteiger partial charge in [0.05, 0.1) is 36.2 Å². The molecule has 1 fully saturated rings. The van der Waals surface area contributed by atoms with Crippen molar-refractivity contribution in [2.24, 2.45) is 10.7 Å². The summed E-state index contributed by atoms with van der Waals surface area (Å²) in [4.78, 5) is 38.5. The number of halogens is 1. The minimum Gasteiger partial charge on any atom is -0.400 e. The number of amides is 1. The molecule has 0 radical (unpaired) electrons. The summed E-state index contributed by atoms with van der Waals surface area (Å²) in [5.41, 5.74) is 7.40. The van der Waals surface area contributed by atoms with Crippen LogP contribution >= 0.6 is 0 Å². The van der Waals surface area contributed by atoms with Gasteiger partial charge < -0.3 is 20.5 Å². The first-order valence-electron chi connectivity index (χ1n) is 8.89. The number of carbonyl (C=O) groups is 1. The summed E-state index contributed by atoms with van der Waals surface area (Å²) in [5.74, 6) is 0.387. The van der Waals surface area contributed by atoms with Crippen molar-refractivity contribution in [2.75, 3.05) is 29.4 Å². The van der Waals surface area contributed by atoms with Crippen molar-refractivity contribution in [1.29, 1.82) is 0 Å². The van der Waals surface area contributed by atoms with Gasteiger partial charge in [-0.1, -0.05) is 0 Å². The number of pyridine rings is 2. The molecular formula is C19H19FN6O2. The fourth-order valence-corrected chi connectivity index (χ4v) is 3.26.